The highest BCUT2D eigenvalue weighted by Gasteiger charge is 2.16. The summed E-state index contributed by atoms with van der Waals surface area (Å²) in [6, 6.07) is 16.4. The molecule has 0 saturated heterocycles. The summed E-state index contributed by atoms with van der Waals surface area (Å²) < 4.78 is 20.1. The highest BCUT2D eigenvalue weighted by atomic mass is 35.5. The number of nitrogens with one attached hydrogen (secondary N) is 1. The minimum absolute atomic E-state index is 0.131. The monoisotopic (exact) mass is 447 g/mol. The lowest BCUT2D eigenvalue weighted by Crippen LogP contribution is -2.14. The average Bonchev–Trinajstić information content (AvgIpc) is 3.23. The van der Waals surface area contributed by atoms with Gasteiger partial charge < -0.3 is 9.73 Å². The zero-order valence-electron chi connectivity index (χ0n) is 17.4. The maximum atomic E-state index is 14.2. The molecule has 7 heteroatoms. The fraction of sp³-hybridized carbons (Fsp3) is 0.160. The molecule has 4 rings (SSSR count). The van der Waals surface area contributed by atoms with Crippen LogP contribution in [0, 0.1) is 17.1 Å². The normalized spacial score (nSPS) is 11.8. The van der Waals surface area contributed by atoms with E-state index < -0.39 is 11.7 Å². The molecule has 3 aromatic carbocycles. The zero-order valence-corrected chi connectivity index (χ0v) is 18.2. The molecule has 5 nitrogen and oxygen atoms in total. The van der Waals surface area contributed by atoms with Crippen LogP contribution in [0.5, 0.6) is 0 Å². The van der Waals surface area contributed by atoms with Crippen molar-refractivity contribution in [1.82, 2.24) is 4.98 Å². The van der Waals surface area contributed by atoms with Gasteiger partial charge in [0.1, 0.15) is 11.3 Å². The first-order chi connectivity index (χ1) is 15.4. The Bertz CT molecular complexity index is 1370. The Morgan fingerprint density at radius 1 is 1.22 bits per heavy atom. The zero-order chi connectivity index (χ0) is 22.8. The average molecular weight is 448 g/mol. The van der Waals surface area contributed by atoms with Crippen LogP contribution in [0.4, 0.5) is 10.1 Å². The van der Waals surface area contributed by atoms with Crippen molar-refractivity contribution in [3.8, 4) is 17.5 Å². The van der Waals surface area contributed by atoms with Gasteiger partial charge in [-0.05, 0) is 66.4 Å². The number of carbonyl (C=O) groups is 1. The smallest absolute Gasteiger partial charge is 0.258 e. The first-order valence-corrected chi connectivity index (χ1v) is 10.5. The summed E-state index contributed by atoms with van der Waals surface area (Å²) in [7, 11) is 0. The Morgan fingerprint density at radius 3 is 2.75 bits per heavy atom. The number of oxazole rings is 1. The molecule has 0 aliphatic heterocycles. The number of benzene rings is 3. The Morgan fingerprint density at radius 2 is 2.03 bits per heavy atom. The summed E-state index contributed by atoms with van der Waals surface area (Å²) in [5.74, 6) is -0.663. The van der Waals surface area contributed by atoms with Gasteiger partial charge in [0.05, 0.1) is 27.9 Å². The number of rotatable bonds is 5. The van der Waals surface area contributed by atoms with E-state index in [4.69, 9.17) is 21.3 Å². The molecule has 1 heterocycles. The first-order valence-electron chi connectivity index (χ1n) is 10.1. The maximum Gasteiger partial charge on any atom is 0.258 e. The Balaban J connectivity index is 1.64. The second-order valence-electron chi connectivity index (χ2n) is 7.51. The minimum atomic E-state index is -0.787. The van der Waals surface area contributed by atoms with Crippen molar-refractivity contribution in [2.24, 2.45) is 0 Å². The van der Waals surface area contributed by atoms with E-state index in [2.05, 4.69) is 24.1 Å². The SMILES string of the molecule is CC[C@H](C)c1ccc2oc(-c3ccc(Cl)c(NC(=O)c4ccc(C#N)cc4F)c3)nc2c1. The van der Waals surface area contributed by atoms with Crippen molar-refractivity contribution in [1.29, 1.82) is 5.26 Å². The fourth-order valence-electron chi connectivity index (χ4n) is 3.32. The molecular formula is C25H19ClFN3O2. The largest absolute Gasteiger partial charge is 0.436 e. The Hall–Kier alpha value is -3.69. The molecular weight excluding hydrogens is 429 g/mol. The van der Waals surface area contributed by atoms with E-state index >= 15 is 0 Å². The Kier molecular flexibility index (Phi) is 5.93. The fourth-order valence-corrected chi connectivity index (χ4v) is 3.49. The van der Waals surface area contributed by atoms with Gasteiger partial charge in [-0.3, -0.25) is 4.79 Å². The molecule has 1 atom stereocenters. The van der Waals surface area contributed by atoms with E-state index in [1.807, 2.05) is 24.3 Å². The molecule has 1 aromatic heterocycles. The lowest BCUT2D eigenvalue weighted by Gasteiger charge is -2.09. The number of fused-ring (bicyclic) bond motifs is 1. The second kappa shape index (κ2) is 8.81. The van der Waals surface area contributed by atoms with Gasteiger partial charge in [-0.15, -0.1) is 0 Å². The van der Waals surface area contributed by atoms with Crippen LogP contribution in [0.1, 0.15) is 47.7 Å². The van der Waals surface area contributed by atoms with Gasteiger partial charge in [-0.2, -0.15) is 5.26 Å². The molecule has 4 aromatic rings. The van der Waals surface area contributed by atoms with Crippen molar-refractivity contribution < 1.29 is 13.6 Å². The van der Waals surface area contributed by atoms with Crippen LogP contribution in [0.15, 0.2) is 59.0 Å². The highest BCUT2D eigenvalue weighted by molar-refractivity contribution is 6.34. The van der Waals surface area contributed by atoms with Gasteiger partial charge in [0, 0.05) is 5.56 Å². The molecule has 0 bridgehead atoms. The minimum Gasteiger partial charge on any atom is -0.436 e. The molecule has 160 valence electrons. The predicted octanol–water partition coefficient (Wildman–Crippen LogP) is 6.92. The van der Waals surface area contributed by atoms with Crippen LogP contribution < -0.4 is 5.32 Å². The second-order valence-corrected chi connectivity index (χ2v) is 7.92. The van der Waals surface area contributed by atoms with E-state index in [9.17, 15) is 9.18 Å². The van der Waals surface area contributed by atoms with E-state index in [0.29, 0.717) is 28.6 Å². The number of anilines is 1. The predicted molar refractivity (Wildman–Crippen MR) is 122 cm³/mol. The Labute approximate surface area is 189 Å². The van der Waals surface area contributed by atoms with E-state index in [1.165, 1.54) is 17.7 Å². The van der Waals surface area contributed by atoms with Gasteiger partial charge in [0.2, 0.25) is 5.89 Å². The topological polar surface area (TPSA) is 78.9 Å². The summed E-state index contributed by atoms with van der Waals surface area (Å²) in [6.45, 7) is 4.30. The van der Waals surface area contributed by atoms with Crippen LogP contribution >= 0.6 is 11.6 Å². The van der Waals surface area contributed by atoms with Gasteiger partial charge >= 0.3 is 0 Å². The van der Waals surface area contributed by atoms with E-state index in [1.54, 1.807) is 18.2 Å². The van der Waals surface area contributed by atoms with Gasteiger partial charge in [-0.25, -0.2) is 9.37 Å². The first kappa shape index (κ1) is 21.5. The number of aromatic nitrogens is 1. The van der Waals surface area contributed by atoms with Crippen LogP contribution in [0.2, 0.25) is 5.02 Å². The number of nitrogens with zero attached hydrogens (tertiary/aromatic N) is 2. The molecule has 0 saturated carbocycles. The highest BCUT2D eigenvalue weighted by Crippen LogP contribution is 2.32. The third kappa shape index (κ3) is 4.20. The lowest BCUT2D eigenvalue weighted by atomic mass is 9.98. The molecule has 0 aliphatic carbocycles. The molecule has 1 amide bonds. The number of carbonyl (C=O) groups excluding carboxylic acids is 1. The van der Waals surface area contributed by atoms with E-state index in [0.717, 1.165) is 18.0 Å². The molecule has 0 unspecified atom stereocenters. The summed E-state index contributed by atoms with van der Waals surface area (Å²) in [6.07, 6.45) is 1.02. The van der Waals surface area contributed by atoms with Gasteiger partial charge in [-0.1, -0.05) is 31.5 Å². The lowest BCUT2D eigenvalue weighted by molar-refractivity contribution is 0.102. The van der Waals surface area contributed by atoms with Gasteiger partial charge in [0.15, 0.2) is 5.58 Å². The number of amides is 1. The summed E-state index contributed by atoms with van der Waals surface area (Å²) in [4.78, 5) is 17.2. The standard InChI is InChI=1S/C25H19ClFN3O2/c1-3-14(2)16-6-9-23-22(11-16)30-25(32-23)17-5-8-19(26)21(12-17)29-24(31)18-7-4-15(13-28)10-20(18)27/h4-12,14H,3H2,1-2H3,(H,29,31)/t14-/m0/s1. The number of nitriles is 1. The van der Waals surface area contributed by atoms with Crippen LogP contribution in [0.3, 0.4) is 0 Å². The summed E-state index contributed by atoms with van der Waals surface area (Å²) in [5.41, 5.74) is 3.45. The van der Waals surface area contributed by atoms with Crippen LogP contribution in [-0.4, -0.2) is 10.9 Å². The summed E-state index contributed by atoms with van der Waals surface area (Å²) >= 11 is 6.25. The summed E-state index contributed by atoms with van der Waals surface area (Å²) in [5, 5.41) is 11.8. The number of hydrogen-bond donors (Lipinski definition) is 1. The van der Waals surface area contributed by atoms with E-state index in [-0.39, 0.29) is 16.1 Å². The van der Waals surface area contributed by atoms with Gasteiger partial charge in [0.25, 0.3) is 5.91 Å². The maximum absolute atomic E-state index is 14.2. The molecule has 1 N–H and O–H groups in total. The quantitative estimate of drug-likeness (QED) is 0.360. The van der Waals surface area contributed by atoms with Crippen molar-refractivity contribution in [2.75, 3.05) is 5.32 Å². The molecule has 0 fully saturated rings. The molecule has 32 heavy (non-hydrogen) atoms. The molecule has 0 spiro atoms. The van der Waals surface area contributed by atoms with Crippen molar-refractivity contribution in [2.45, 2.75) is 26.2 Å². The molecule has 0 radical (unpaired) electrons. The van der Waals surface area contributed by atoms with Crippen LogP contribution in [0.25, 0.3) is 22.6 Å². The van der Waals surface area contributed by atoms with Crippen molar-refractivity contribution in [3.63, 3.8) is 0 Å². The van der Waals surface area contributed by atoms with Crippen molar-refractivity contribution >= 4 is 34.3 Å². The van der Waals surface area contributed by atoms with Crippen molar-refractivity contribution in [3.05, 3.63) is 82.1 Å². The molecule has 0 aliphatic rings. The third-order valence-electron chi connectivity index (χ3n) is 5.40. The number of halogens is 2. The third-order valence-corrected chi connectivity index (χ3v) is 5.73. The number of hydrogen-bond acceptors (Lipinski definition) is 4. The van der Waals surface area contributed by atoms with Crippen LogP contribution in [-0.2, 0) is 0 Å².